The van der Waals surface area contributed by atoms with Crippen molar-refractivity contribution < 1.29 is 0 Å². The maximum Gasteiger partial charge on any atom is 0.0505 e. The Balaban J connectivity index is 1.31. The fraction of sp³-hybridized carbons (Fsp3) is 0. The van der Waals surface area contributed by atoms with Gasteiger partial charge in [0.2, 0.25) is 0 Å². The molecule has 0 fully saturated rings. The zero-order valence-electron chi connectivity index (χ0n) is 22.1. The van der Waals surface area contributed by atoms with E-state index in [1.165, 1.54) is 73.4 Å². The van der Waals surface area contributed by atoms with Crippen LogP contribution in [0.4, 0.5) is 0 Å². The van der Waals surface area contributed by atoms with Gasteiger partial charge in [-0.3, -0.25) is 0 Å². The minimum atomic E-state index is 0.801. The van der Waals surface area contributed by atoms with E-state index in [4.69, 9.17) is 23.2 Å². The molecule has 0 aliphatic rings. The number of thiophene rings is 2. The van der Waals surface area contributed by atoms with Crippen molar-refractivity contribution in [3.05, 3.63) is 131 Å². The molecule has 0 saturated heterocycles. The van der Waals surface area contributed by atoms with Gasteiger partial charge in [-0.15, -0.1) is 22.7 Å². The van der Waals surface area contributed by atoms with Gasteiger partial charge in [0.15, 0.2) is 0 Å². The van der Waals surface area contributed by atoms with Gasteiger partial charge < -0.3 is 0 Å². The number of hydrogen-bond acceptors (Lipinski definition) is 2. The van der Waals surface area contributed by atoms with Crippen molar-refractivity contribution in [2.24, 2.45) is 0 Å². The second-order valence-corrected chi connectivity index (χ2v) is 13.6. The van der Waals surface area contributed by atoms with Crippen molar-refractivity contribution in [1.82, 2.24) is 0 Å². The van der Waals surface area contributed by atoms with Crippen LogP contribution >= 0.6 is 45.9 Å². The molecule has 198 valence electrons. The van der Waals surface area contributed by atoms with Crippen LogP contribution in [-0.2, 0) is 0 Å². The maximum atomic E-state index is 7.00. The van der Waals surface area contributed by atoms with E-state index >= 15 is 0 Å². The fourth-order valence-electron chi connectivity index (χ4n) is 6.54. The van der Waals surface area contributed by atoms with Crippen LogP contribution in [0.3, 0.4) is 0 Å². The summed E-state index contributed by atoms with van der Waals surface area (Å²) >= 11 is 17.7. The van der Waals surface area contributed by atoms with Crippen molar-refractivity contribution in [3.8, 4) is 22.3 Å². The molecule has 0 unspecified atom stereocenters. The molecule has 7 aromatic carbocycles. The largest absolute Gasteiger partial charge is 0.134 e. The van der Waals surface area contributed by atoms with Gasteiger partial charge in [-0.1, -0.05) is 114 Å². The van der Waals surface area contributed by atoms with Crippen LogP contribution in [0.2, 0.25) is 10.0 Å². The smallest absolute Gasteiger partial charge is 0.0505 e. The Labute approximate surface area is 260 Å². The monoisotopic (exact) mass is 610 g/mol. The lowest BCUT2D eigenvalue weighted by Crippen LogP contribution is -1.84. The third-order valence-corrected chi connectivity index (χ3v) is 11.3. The van der Waals surface area contributed by atoms with Gasteiger partial charge in [0, 0.05) is 40.3 Å². The van der Waals surface area contributed by atoms with Crippen molar-refractivity contribution in [3.63, 3.8) is 0 Å². The molecular weight excluding hydrogens is 591 g/mol. The highest BCUT2D eigenvalue weighted by molar-refractivity contribution is 7.27. The molecule has 0 amide bonds. The van der Waals surface area contributed by atoms with Crippen LogP contribution in [0.5, 0.6) is 0 Å². The van der Waals surface area contributed by atoms with E-state index in [0.717, 1.165) is 20.8 Å². The van der Waals surface area contributed by atoms with Crippen LogP contribution in [0, 0.1) is 0 Å². The van der Waals surface area contributed by atoms with E-state index < -0.39 is 0 Å². The van der Waals surface area contributed by atoms with Crippen molar-refractivity contribution in [1.29, 1.82) is 0 Å². The van der Waals surface area contributed by atoms with Gasteiger partial charge in [-0.25, -0.2) is 0 Å². The van der Waals surface area contributed by atoms with Crippen molar-refractivity contribution in [2.75, 3.05) is 0 Å². The van der Waals surface area contributed by atoms with Gasteiger partial charge in [-0.2, -0.15) is 0 Å². The zero-order valence-corrected chi connectivity index (χ0v) is 25.3. The summed E-state index contributed by atoms with van der Waals surface area (Å²) in [7, 11) is 0. The first-order valence-electron chi connectivity index (χ1n) is 13.8. The summed E-state index contributed by atoms with van der Waals surface area (Å²) in [5.41, 5.74) is 4.75. The predicted molar refractivity (Wildman–Crippen MR) is 188 cm³/mol. The Morgan fingerprint density at radius 2 is 0.857 bits per heavy atom. The predicted octanol–water partition coefficient (Wildman–Crippen LogP) is 13.4. The molecule has 2 heterocycles. The van der Waals surface area contributed by atoms with Crippen LogP contribution in [-0.4, -0.2) is 0 Å². The molecule has 2 aromatic heterocycles. The minimum absolute atomic E-state index is 0.801. The van der Waals surface area contributed by atoms with E-state index in [0.29, 0.717) is 0 Å². The first-order valence-corrected chi connectivity index (χ1v) is 16.2. The molecule has 9 aromatic rings. The molecule has 0 spiro atoms. The normalized spacial score (nSPS) is 12.0. The highest BCUT2D eigenvalue weighted by Gasteiger charge is 2.19. The van der Waals surface area contributed by atoms with Crippen LogP contribution in [0.1, 0.15) is 0 Å². The number of hydrogen-bond donors (Lipinski definition) is 0. The molecule has 0 nitrogen and oxygen atoms in total. The Morgan fingerprint density at radius 1 is 0.405 bits per heavy atom. The molecule has 0 aliphatic carbocycles. The lowest BCUT2D eigenvalue weighted by atomic mass is 9.93. The summed E-state index contributed by atoms with van der Waals surface area (Å²) in [5, 5.41) is 11.2. The van der Waals surface area contributed by atoms with Gasteiger partial charge >= 0.3 is 0 Å². The zero-order chi connectivity index (χ0) is 27.9. The number of benzene rings is 7. The third-order valence-electron chi connectivity index (χ3n) is 8.37. The topological polar surface area (TPSA) is 0 Å². The molecule has 0 atom stereocenters. The van der Waals surface area contributed by atoms with Gasteiger partial charge in [0.25, 0.3) is 0 Å². The Bertz CT molecular complexity index is 2380. The van der Waals surface area contributed by atoms with Crippen molar-refractivity contribution in [2.45, 2.75) is 0 Å². The molecular formula is C38H20Cl2S2. The van der Waals surface area contributed by atoms with Crippen molar-refractivity contribution >= 4 is 108 Å². The third kappa shape index (κ3) is 3.53. The first-order chi connectivity index (χ1) is 20.7. The highest BCUT2D eigenvalue weighted by atomic mass is 35.5. The lowest BCUT2D eigenvalue weighted by Gasteiger charge is -2.11. The summed E-state index contributed by atoms with van der Waals surface area (Å²) in [5.74, 6) is 0. The van der Waals surface area contributed by atoms with E-state index in [1.807, 2.05) is 22.7 Å². The van der Waals surface area contributed by atoms with Crippen LogP contribution in [0.25, 0.3) is 84.1 Å². The summed E-state index contributed by atoms with van der Waals surface area (Å²) in [4.78, 5) is 0. The van der Waals surface area contributed by atoms with Gasteiger partial charge in [-0.05, 0) is 74.1 Å². The van der Waals surface area contributed by atoms with Crippen LogP contribution < -0.4 is 0 Å². The summed E-state index contributed by atoms with van der Waals surface area (Å²) in [6, 6.07) is 43.3. The molecule has 4 heteroatoms. The number of rotatable bonds is 2. The van der Waals surface area contributed by atoms with E-state index in [2.05, 4.69) is 121 Å². The minimum Gasteiger partial charge on any atom is -0.134 e. The average Bonchev–Trinajstić information content (AvgIpc) is 3.62. The fourth-order valence-corrected chi connectivity index (χ4v) is 9.85. The summed E-state index contributed by atoms with van der Waals surface area (Å²) in [6.45, 7) is 0. The van der Waals surface area contributed by atoms with E-state index in [-0.39, 0.29) is 0 Å². The second-order valence-electron chi connectivity index (χ2n) is 10.7. The summed E-state index contributed by atoms with van der Waals surface area (Å²) in [6.07, 6.45) is 0. The first kappa shape index (κ1) is 24.7. The number of halogens is 2. The molecule has 9 rings (SSSR count). The standard InChI is InChI=1S/C38H20Cl2S2/c39-29-19-23-8-1-3-12-27(23)37-35(29)33-25(14-6-16-31(33)41-37)21-10-5-11-22(18-21)26-15-7-17-32-34(26)36-30(40)20-24-9-2-4-13-28(24)38(36)42-32/h1-20H. The van der Waals surface area contributed by atoms with Crippen LogP contribution in [0.15, 0.2) is 121 Å². The molecule has 0 bridgehead atoms. The van der Waals surface area contributed by atoms with E-state index in [9.17, 15) is 0 Å². The Kier molecular flexibility index (Phi) is 5.45. The molecule has 0 saturated carbocycles. The second kappa shape index (κ2) is 9.29. The molecule has 0 N–H and O–H groups in total. The average molecular weight is 612 g/mol. The quantitative estimate of drug-likeness (QED) is 0.182. The Hall–Kier alpha value is -3.92. The SMILES string of the molecule is Clc1cc2ccccc2c2sc3cccc(-c4cccc(-c5cccc6sc7c8ccccc8cc(Cl)c7c56)c4)c3c12. The van der Waals surface area contributed by atoms with Gasteiger partial charge in [0.05, 0.1) is 10.0 Å². The molecule has 42 heavy (non-hydrogen) atoms. The van der Waals surface area contributed by atoms with Gasteiger partial charge in [0.1, 0.15) is 0 Å². The number of fused-ring (bicyclic) bond motifs is 10. The lowest BCUT2D eigenvalue weighted by molar-refractivity contribution is 1.64. The molecule has 0 radical (unpaired) electrons. The molecule has 0 aliphatic heterocycles. The highest BCUT2D eigenvalue weighted by Crippen LogP contribution is 2.48. The summed E-state index contributed by atoms with van der Waals surface area (Å²) < 4.78 is 4.98. The van der Waals surface area contributed by atoms with E-state index in [1.54, 1.807) is 0 Å². The Morgan fingerprint density at radius 3 is 1.36 bits per heavy atom. The maximum absolute atomic E-state index is 7.00.